The number of para-hydroxylation sites is 1. The molecule has 9 aromatic carbocycles. The van der Waals surface area contributed by atoms with Crippen LogP contribution in [0, 0.1) is 0 Å². The highest BCUT2D eigenvalue weighted by Crippen LogP contribution is 2.62. The van der Waals surface area contributed by atoms with Crippen LogP contribution in [0.5, 0.6) is 11.5 Å². The van der Waals surface area contributed by atoms with Gasteiger partial charge in [-0.15, -0.1) is 0 Å². The summed E-state index contributed by atoms with van der Waals surface area (Å²) in [5, 5.41) is 0. The third-order valence-corrected chi connectivity index (χ3v) is 13.4. The molecule has 0 atom stereocenters. The van der Waals surface area contributed by atoms with Crippen molar-refractivity contribution >= 4 is 17.1 Å². The maximum atomic E-state index is 6.84. The second kappa shape index (κ2) is 13.0. The van der Waals surface area contributed by atoms with Crippen molar-refractivity contribution in [2.75, 3.05) is 4.90 Å². The normalized spacial score (nSPS) is 14.2. The van der Waals surface area contributed by atoms with Crippen molar-refractivity contribution in [2.45, 2.75) is 24.7 Å². The second-order valence-corrected chi connectivity index (χ2v) is 16.8. The standard InChI is InChI=1S/C58H41NO/c1-57(2)49-19-9-6-16-45(49)48-34-33-44(37-54(48)57)59(42-29-24-39(25-30-42)38-14-4-3-5-15-38)43-31-26-40(27-32-43)41-28-35-53-56(36-41)60-55-23-13-12-22-52(55)58(53)50-20-10-7-17-46(50)47-18-8-11-21-51(47)58/h3-37H,1-2H3. The van der Waals surface area contributed by atoms with Gasteiger partial charge in [0.25, 0.3) is 0 Å². The Bertz CT molecular complexity index is 3090. The van der Waals surface area contributed by atoms with Gasteiger partial charge in [-0.25, -0.2) is 0 Å². The summed E-state index contributed by atoms with van der Waals surface area (Å²) in [6.45, 7) is 4.70. The van der Waals surface area contributed by atoms with Crippen LogP contribution in [0.25, 0.3) is 44.5 Å². The van der Waals surface area contributed by atoms with Gasteiger partial charge in [-0.2, -0.15) is 0 Å². The van der Waals surface area contributed by atoms with Crippen LogP contribution in [-0.4, -0.2) is 0 Å². The van der Waals surface area contributed by atoms with Crippen LogP contribution in [0.1, 0.15) is 47.2 Å². The molecule has 0 bridgehead atoms. The average molecular weight is 768 g/mol. The van der Waals surface area contributed by atoms with Crippen molar-refractivity contribution in [3.63, 3.8) is 0 Å². The van der Waals surface area contributed by atoms with E-state index in [9.17, 15) is 0 Å². The first kappa shape index (κ1) is 34.6. The number of nitrogens with zero attached hydrogens (tertiary/aromatic N) is 1. The first-order valence-corrected chi connectivity index (χ1v) is 20.9. The molecule has 0 N–H and O–H groups in total. The molecule has 12 rings (SSSR count). The maximum absolute atomic E-state index is 6.84. The SMILES string of the molecule is CC1(C)c2ccccc2-c2ccc(N(c3ccc(-c4ccccc4)cc3)c3ccc(-c4ccc5c(c4)Oc4ccccc4C54c5ccccc5-c5ccccc54)cc3)cc21. The van der Waals surface area contributed by atoms with Gasteiger partial charge >= 0.3 is 0 Å². The van der Waals surface area contributed by atoms with Crippen LogP contribution in [0.2, 0.25) is 0 Å². The van der Waals surface area contributed by atoms with Crippen LogP contribution in [-0.2, 0) is 10.8 Å². The summed E-state index contributed by atoms with van der Waals surface area (Å²) in [5.74, 6) is 1.79. The fraction of sp³-hybridized carbons (Fsp3) is 0.0690. The van der Waals surface area contributed by atoms with Crippen molar-refractivity contribution in [1.29, 1.82) is 0 Å². The largest absolute Gasteiger partial charge is 0.457 e. The van der Waals surface area contributed by atoms with Crippen LogP contribution in [0.4, 0.5) is 17.1 Å². The number of ether oxygens (including phenoxy) is 1. The average Bonchev–Trinajstić information content (AvgIpc) is 3.72. The van der Waals surface area contributed by atoms with Gasteiger partial charge in [0.15, 0.2) is 0 Å². The second-order valence-electron chi connectivity index (χ2n) is 16.8. The number of hydrogen-bond acceptors (Lipinski definition) is 2. The molecule has 0 radical (unpaired) electrons. The molecule has 0 aromatic heterocycles. The van der Waals surface area contributed by atoms with E-state index in [2.05, 4.69) is 231 Å². The number of hydrogen-bond donors (Lipinski definition) is 0. The molecular weight excluding hydrogens is 727 g/mol. The summed E-state index contributed by atoms with van der Waals surface area (Å²) in [6, 6.07) is 77.6. The van der Waals surface area contributed by atoms with Gasteiger partial charge in [-0.05, 0) is 115 Å². The molecule has 1 spiro atoms. The molecule has 0 saturated heterocycles. The van der Waals surface area contributed by atoms with E-state index in [0.717, 1.165) is 39.7 Å². The highest BCUT2D eigenvalue weighted by Gasteiger charge is 2.51. The van der Waals surface area contributed by atoms with Gasteiger partial charge in [-0.1, -0.05) is 178 Å². The molecule has 3 aliphatic rings. The fourth-order valence-electron chi connectivity index (χ4n) is 10.6. The third-order valence-electron chi connectivity index (χ3n) is 13.4. The molecule has 0 amide bonds. The Morgan fingerprint density at radius 3 is 1.42 bits per heavy atom. The molecule has 1 heterocycles. The zero-order valence-corrected chi connectivity index (χ0v) is 33.6. The Balaban J connectivity index is 0.961. The first-order valence-electron chi connectivity index (χ1n) is 20.9. The Kier molecular flexibility index (Phi) is 7.52. The number of anilines is 3. The molecule has 2 aliphatic carbocycles. The van der Waals surface area contributed by atoms with E-state index in [1.54, 1.807) is 0 Å². The Labute approximate surface area is 351 Å². The van der Waals surface area contributed by atoms with E-state index in [4.69, 9.17) is 4.74 Å². The van der Waals surface area contributed by atoms with Crippen LogP contribution >= 0.6 is 0 Å². The Morgan fingerprint density at radius 1 is 0.317 bits per heavy atom. The predicted molar refractivity (Wildman–Crippen MR) is 247 cm³/mol. The summed E-state index contributed by atoms with van der Waals surface area (Å²) in [7, 11) is 0. The zero-order chi connectivity index (χ0) is 40.0. The van der Waals surface area contributed by atoms with Gasteiger partial charge in [0.1, 0.15) is 11.5 Å². The highest BCUT2D eigenvalue weighted by molar-refractivity contribution is 5.90. The van der Waals surface area contributed by atoms with Crippen molar-refractivity contribution in [3.05, 3.63) is 246 Å². The van der Waals surface area contributed by atoms with Crippen molar-refractivity contribution in [2.24, 2.45) is 0 Å². The number of rotatable bonds is 5. The molecule has 2 heteroatoms. The molecular formula is C58H41NO. The molecule has 0 unspecified atom stereocenters. The van der Waals surface area contributed by atoms with E-state index in [1.165, 1.54) is 66.8 Å². The lowest BCUT2D eigenvalue weighted by atomic mass is 9.66. The molecule has 284 valence electrons. The minimum absolute atomic E-state index is 0.106. The lowest BCUT2D eigenvalue weighted by molar-refractivity contribution is 0.436. The fourth-order valence-corrected chi connectivity index (χ4v) is 10.6. The van der Waals surface area contributed by atoms with E-state index < -0.39 is 5.41 Å². The predicted octanol–water partition coefficient (Wildman–Crippen LogP) is 15.3. The number of fused-ring (bicyclic) bond motifs is 12. The topological polar surface area (TPSA) is 12.5 Å². The van der Waals surface area contributed by atoms with Gasteiger partial charge in [-0.3, -0.25) is 0 Å². The van der Waals surface area contributed by atoms with Crippen LogP contribution < -0.4 is 9.64 Å². The minimum Gasteiger partial charge on any atom is -0.457 e. The van der Waals surface area contributed by atoms with Gasteiger partial charge in [0.05, 0.1) is 5.41 Å². The van der Waals surface area contributed by atoms with Crippen LogP contribution in [0.15, 0.2) is 212 Å². The lowest BCUT2D eigenvalue weighted by Gasteiger charge is -2.39. The van der Waals surface area contributed by atoms with E-state index in [0.29, 0.717) is 0 Å². The van der Waals surface area contributed by atoms with Crippen molar-refractivity contribution in [1.82, 2.24) is 0 Å². The monoisotopic (exact) mass is 767 g/mol. The smallest absolute Gasteiger partial charge is 0.132 e. The third kappa shape index (κ3) is 4.94. The summed E-state index contributed by atoms with van der Waals surface area (Å²) < 4.78 is 6.84. The van der Waals surface area contributed by atoms with Gasteiger partial charge in [0, 0.05) is 33.6 Å². The van der Waals surface area contributed by atoms with Gasteiger partial charge in [0.2, 0.25) is 0 Å². The maximum Gasteiger partial charge on any atom is 0.132 e. The summed E-state index contributed by atoms with van der Waals surface area (Å²) >= 11 is 0. The van der Waals surface area contributed by atoms with E-state index in [-0.39, 0.29) is 5.41 Å². The van der Waals surface area contributed by atoms with E-state index >= 15 is 0 Å². The summed E-state index contributed by atoms with van der Waals surface area (Å²) in [4.78, 5) is 2.39. The summed E-state index contributed by atoms with van der Waals surface area (Å²) in [5.41, 5.74) is 20.3. The van der Waals surface area contributed by atoms with Crippen molar-refractivity contribution < 1.29 is 4.74 Å². The Hall–Kier alpha value is -7.42. The Morgan fingerprint density at radius 2 is 0.767 bits per heavy atom. The van der Waals surface area contributed by atoms with Crippen molar-refractivity contribution in [3.8, 4) is 56.0 Å². The molecule has 0 fully saturated rings. The number of benzene rings is 9. The zero-order valence-electron chi connectivity index (χ0n) is 33.6. The molecule has 2 nitrogen and oxygen atoms in total. The highest BCUT2D eigenvalue weighted by atomic mass is 16.5. The van der Waals surface area contributed by atoms with Gasteiger partial charge < -0.3 is 9.64 Å². The molecule has 1 aliphatic heterocycles. The lowest BCUT2D eigenvalue weighted by Crippen LogP contribution is -2.32. The minimum atomic E-state index is -0.470. The van der Waals surface area contributed by atoms with Crippen LogP contribution in [0.3, 0.4) is 0 Å². The quantitative estimate of drug-likeness (QED) is 0.173. The molecule has 9 aromatic rings. The van der Waals surface area contributed by atoms with E-state index in [1.807, 2.05) is 0 Å². The molecule has 60 heavy (non-hydrogen) atoms. The summed E-state index contributed by atoms with van der Waals surface area (Å²) in [6.07, 6.45) is 0. The molecule has 0 saturated carbocycles. The first-order chi connectivity index (χ1) is 29.5.